The molecular formula is C23H16N2. The fourth-order valence-electron chi connectivity index (χ4n) is 3.56. The number of hydrogen-bond donors (Lipinski definition) is 0. The first-order valence-corrected chi connectivity index (χ1v) is 8.45. The van der Waals surface area contributed by atoms with Crippen molar-refractivity contribution >= 4 is 32.4 Å². The molecule has 0 saturated carbocycles. The Morgan fingerprint density at radius 2 is 1.36 bits per heavy atom. The lowest BCUT2D eigenvalue weighted by Gasteiger charge is -2.11. The normalized spacial score (nSPS) is 11.4. The molecule has 0 spiro atoms. The van der Waals surface area contributed by atoms with Crippen LogP contribution in [0.1, 0.15) is 5.82 Å². The minimum absolute atomic E-state index is 0.797. The molecule has 0 aliphatic rings. The van der Waals surface area contributed by atoms with Crippen molar-refractivity contribution in [3.05, 3.63) is 84.7 Å². The maximum Gasteiger partial charge on any atom is 0.126 e. The number of benzene rings is 4. The van der Waals surface area contributed by atoms with Gasteiger partial charge in [0.05, 0.1) is 11.2 Å². The second kappa shape index (κ2) is 5.38. The quantitative estimate of drug-likeness (QED) is 0.359. The van der Waals surface area contributed by atoms with Crippen molar-refractivity contribution in [1.29, 1.82) is 0 Å². The molecule has 2 nitrogen and oxygen atoms in total. The molecule has 0 saturated heterocycles. The van der Waals surface area contributed by atoms with Crippen LogP contribution in [0, 0.1) is 6.92 Å². The lowest BCUT2D eigenvalue weighted by molar-refractivity contribution is 1.10. The standard InChI is InChI=1S/C23H16N2/c1-15-24-21-13-12-17-7-4-5-9-20(17)22(21)23(25-15)19-11-10-16-6-2-3-8-18(16)14-19/h2-14H,1H3. The van der Waals surface area contributed by atoms with Crippen LogP contribution in [0.15, 0.2) is 78.9 Å². The molecule has 0 N–H and O–H groups in total. The molecule has 118 valence electrons. The van der Waals surface area contributed by atoms with E-state index in [1.807, 2.05) is 6.92 Å². The van der Waals surface area contributed by atoms with Gasteiger partial charge in [0.15, 0.2) is 0 Å². The van der Waals surface area contributed by atoms with Gasteiger partial charge in [0, 0.05) is 10.9 Å². The van der Waals surface area contributed by atoms with E-state index < -0.39 is 0 Å². The SMILES string of the molecule is Cc1nc(-c2ccc3ccccc3c2)c2c(ccc3ccccc32)n1. The molecule has 2 heteroatoms. The number of rotatable bonds is 1. The van der Waals surface area contributed by atoms with Gasteiger partial charge in [-0.15, -0.1) is 0 Å². The van der Waals surface area contributed by atoms with Crippen LogP contribution in [0.3, 0.4) is 0 Å². The van der Waals surface area contributed by atoms with Crippen LogP contribution in [0.4, 0.5) is 0 Å². The number of aryl methyl sites for hydroxylation is 1. The molecule has 0 radical (unpaired) electrons. The fourth-order valence-corrected chi connectivity index (χ4v) is 3.56. The Balaban J connectivity index is 1.91. The predicted octanol–water partition coefficient (Wildman–Crippen LogP) is 5.91. The highest BCUT2D eigenvalue weighted by Crippen LogP contribution is 2.33. The summed E-state index contributed by atoms with van der Waals surface area (Å²) in [5, 5.41) is 6.00. The number of aromatic nitrogens is 2. The monoisotopic (exact) mass is 320 g/mol. The number of fused-ring (bicyclic) bond motifs is 4. The average molecular weight is 320 g/mol. The Hall–Kier alpha value is -3.26. The smallest absolute Gasteiger partial charge is 0.126 e. The van der Waals surface area contributed by atoms with Gasteiger partial charge in [0.25, 0.3) is 0 Å². The van der Waals surface area contributed by atoms with Crippen LogP contribution in [0.5, 0.6) is 0 Å². The lowest BCUT2D eigenvalue weighted by atomic mass is 9.98. The molecule has 0 atom stereocenters. The van der Waals surface area contributed by atoms with Crippen molar-refractivity contribution in [3.63, 3.8) is 0 Å². The van der Waals surface area contributed by atoms with Gasteiger partial charge in [0.2, 0.25) is 0 Å². The van der Waals surface area contributed by atoms with Gasteiger partial charge in [0.1, 0.15) is 5.82 Å². The fraction of sp³-hybridized carbons (Fsp3) is 0.0435. The second-order valence-corrected chi connectivity index (χ2v) is 6.36. The van der Waals surface area contributed by atoms with Crippen molar-refractivity contribution in [2.45, 2.75) is 6.92 Å². The minimum Gasteiger partial charge on any atom is -0.233 e. The van der Waals surface area contributed by atoms with Gasteiger partial charge < -0.3 is 0 Å². The first-order valence-electron chi connectivity index (χ1n) is 8.45. The largest absolute Gasteiger partial charge is 0.233 e. The van der Waals surface area contributed by atoms with Crippen LogP contribution < -0.4 is 0 Å². The van der Waals surface area contributed by atoms with E-state index in [9.17, 15) is 0 Å². The highest BCUT2D eigenvalue weighted by molar-refractivity contribution is 6.12. The molecule has 4 aromatic carbocycles. The molecule has 0 aliphatic carbocycles. The van der Waals surface area contributed by atoms with E-state index in [2.05, 4.69) is 83.8 Å². The first-order chi connectivity index (χ1) is 12.3. The lowest BCUT2D eigenvalue weighted by Crippen LogP contribution is -1.95. The van der Waals surface area contributed by atoms with E-state index in [-0.39, 0.29) is 0 Å². The highest BCUT2D eigenvalue weighted by atomic mass is 14.9. The van der Waals surface area contributed by atoms with Crippen molar-refractivity contribution in [2.75, 3.05) is 0 Å². The maximum atomic E-state index is 4.82. The molecule has 0 amide bonds. The molecule has 25 heavy (non-hydrogen) atoms. The van der Waals surface area contributed by atoms with Crippen LogP contribution in [-0.2, 0) is 0 Å². The first kappa shape index (κ1) is 14.1. The van der Waals surface area contributed by atoms with Gasteiger partial charge in [-0.1, -0.05) is 66.7 Å². The zero-order valence-corrected chi connectivity index (χ0v) is 13.9. The zero-order chi connectivity index (χ0) is 16.8. The Morgan fingerprint density at radius 3 is 2.24 bits per heavy atom. The predicted molar refractivity (Wildman–Crippen MR) is 105 cm³/mol. The van der Waals surface area contributed by atoms with E-state index in [1.165, 1.54) is 21.5 Å². The third-order valence-electron chi connectivity index (χ3n) is 4.72. The summed E-state index contributed by atoms with van der Waals surface area (Å²) in [6.07, 6.45) is 0. The van der Waals surface area contributed by atoms with Crippen LogP contribution in [0.2, 0.25) is 0 Å². The van der Waals surface area contributed by atoms with Crippen molar-refractivity contribution < 1.29 is 0 Å². The van der Waals surface area contributed by atoms with Crippen molar-refractivity contribution in [2.24, 2.45) is 0 Å². The number of hydrogen-bond acceptors (Lipinski definition) is 2. The van der Waals surface area contributed by atoms with Gasteiger partial charge in [-0.2, -0.15) is 0 Å². The molecule has 0 unspecified atom stereocenters. The molecule has 1 heterocycles. The van der Waals surface area contributed by atoms with E-state index in [0.29, 0.717) is 0 Å². The molecular weight excluding hydrogens is 304 g/mol. The summed E-state index contributed by atoms with van der Waals surface area (Å²) in [4.78, 5) is 9.48. The highest BCUT2D eigenvalue weighted by Gasteiger charge is 2.12. The van der Waals surface area contributed by atoms with Gasteiger partial charge >= 0.3 is 0 Å². The summed E-state index contributed by atoms with van der Waals surface area (Å²) in [5.41, 5.74) is 3.13. The van der Waals surface area contributed by atoms with Gasteiger partial charge in [-0.05, 0) is 40.6 Å². The minimum atomic E-state index is 0.797. The summed E-state index contributed by atoms with van der Waals surface area (Å²) in [7, 11) is 0. The maximum absolute atomic E-state index is 4.82. The van der Waals surface area contributed by atoms with Crippen molar-refractivity contribution in [1.82, 2.24) is 9.97 Å². The molecule has 5 rings (SSSR count). The van der Waals surface area contributed by atoms with E-state index >= 15 is 0 Å². The molecule has 5 aromatic rings. The molecule has 0 fully saturated rings. The van der Waals surface area contributed by atoms with E-state index in [1.54, 1.807) is 0 Å². The third-order valence-corrected chi connectivity index (χ3v) is 4.72. The number of nitrogens with zero attached hydrogens (tertiary/aromatic N) is 2. The summed E-state index contributed by atoms with van der Waals surface area (Å²) in [5.74, 6) is 0.797. The summed E-state index contributed by atoms with van der Waals surface area (Å²) in [6, 6.07) is 27.6. The molecule has 0 aliphatic heterocycles. The van der Waals surface area contributed by atoms with Gasteiger partial charge in [-0.25, -0.2) is 9.97 Å². The van der Waals surface area contributed by atoms with Crippen LogP contribution in [0.25, 0.3) is 43.7 Å². The Bertz CT molecular complexity index is 1260. The topological polar surface area (TPSA) is 25.8 Å². The zero-order valence-electron chi connectivity index (χ0n) is 13.9. The van der Waals surface area contributed by atoms with Crippen LogP contribution >= 0.6 is 0 Å². The third kappa shape index (κ3) is 2.26. The summed E-state index contributed by atoms with van der Waals surface area (Å²) >= 11 is 0. The Labute approximate surface area is 145 Å². The average Bonchev–Trinajstić information content (AvgIpc) is 2.66. The molecule has 1 aromatic heterocycles. The van der Waals surface area contributed by atoms with E-state index in [4.69, 9.17) is 4.98 Å². The molecule has 0 bridgehead atoms. The summed E-state index contributed by atoms with van der Waals surface area (Å²) in [6.45, 7) is 1.96. The Morgan fingerprint density at radius 1 is 0.640 bits per heavy atom. The van der Waals surface area contributed by atoms with Crippen molar-refractivity contribution in [3.8, 4) is 11.3 Å². The van der Waals surface area contributed by atoms with E-state index in [0.717, 1.165) is 28.0 Å². The second-order valence-electron chi connectivity index (χ2n) is 6.36. The Kier molecular flexibility index (Phi) is 3.04. The van der Waals surface area contributed by atoms with Crippen LogP contribution in [-0.4, -0.2) is 9.97 Å². The van der Waals surface area contributed by atoms with Gasteiger partial charge in [-0.3, -0.25) is 0 Å². The summed E-state index contributed by atoms with van der Waals surface area (Å²) < 4.78 is 0.